The lowest BCUT2D eigenvalue weighted by Gasteiger charge is -2.24. The smallest absolute Gasteiger partial charge is 0.119 e. The quantitative estimate of drug-likeness (QED) is 0.726. The number of hydrogen-bond acceptors (Lipinski definition) is 2. The summed E-state index contributed by atoms with van der Waals surface area (Å²) >= 11 is 0. The molecule has 0 fully saturated rings. The SMILES string of the molecule is CCCNC(COc1ccc(CC)cc1)C(C)CC. The Hall–Kier alpha value is -1.02. The standard InChI is InChI=1S/C17H29NO/c1-5-12-18-17(14(4)6-2)13-19-16-10-8-15(7-3)9-11-16/h8-11,14,17-18H,5-7,12-13H2,1-4H3. The average molecular weight is 263 g/mol. The third-order valence-corrected chi connectivity index (χ3v) is 3.75. The topological polar surface area (TPSA) is 21.3 Å². The van der Waals surface area contributed by atoms with Crippen LogP contribution in [0.4, 0.5) is 0 Å². The van der Waals surface area contributed by atoms with Gasteiger partial charge in [-0.15, -0.1) is 0 Å². The number of ether oxygens (including phenoxy) is 1. The van der Waals surface area contributed by atoms with E-state index in [4.69, 9.17) is 4.74 Å². The minimum Gasteiger partial charge on any atom is -0.492 e. The molecule has 0 aliphatic rings. The molecule has 0 bridgehead atoms. The van der Waals surface area contributed by atoms with Crippen LogP contribution in [0.5, 0.6) is 5.75 Å². The highest BCUT2D eigenvalue weighted by atomic mass is 16.5. The maximum absolute atomic E-state index is 5.93. The second kappa shape index (κ2) is 8.98. The van der Waals surface area contributed by atoms with Crippen LogP contribution < -0.4 is 10.1 Å². The molecular weight excluding hydrogens is 234 g/mol. The summed E-state index contributed by atoms with van der Waals surface area (Å²) in [5, 5.41) is 3.59. The van der Waals surface area contributed by atoms with E-state index >= 15 is 0 Å². The summed E-state index contributed by atoms with van der Waals surface area (Å²) in [5.41, 5.74) is 1.36. The number of hydrogen-bond donors (Lipinski definition) is 1. The Labute approximate surface area is 118 Å². The summed E-state index contributed by atoms with van der Waals surface area (Å²) in [6.07, 6.45) is 3.42. The van der Waals surface area contributed by atoms with Gasteiger partial charge in [0.1, 0.15) is 12.4 Å². The van der Waals surface area contributed by atoms with Gasteiger partial charge in [0.05, 0.1) is 0 Å². The molecule has 1 aromatic rings. The van der Waals surface area contributed by atoms with E-state index in [-0.39, 0.29) is 0 Å². The monoisotopic (exact) mass is 263 g/mol. The molecule has 2 nitrogen and oxygen atoms in total. The average Bonchev–Trinajstić information content (AvgIpc) is 2.47. The Morgan fingerprint density at radius 1 is 1.11 bits per heavy atom. The lowest BCUT2D eigenvalue weighted by molar-refractivity contribution is 0.220. The lowest BCUT2D eigenvalue weighted by Crippen LogP contribution is -2.40. The molecule has 0 saturated heterocycles. The molecule has 1 rings (SSSR count). The van der Waals surface area contributed by atoms with E-state index in [1.165, 1.54) is 12.0 Å². The third-order valence-electron chi connectivity index (χ3n) is 3.75. The fraction of sp³-hybridized carbons (Fsp3) is 0.647. The van der Waals surface area contributed by atoms with Crippen LogP contribution in [0.3, 0.4) is 0 Å². The first-order valence-corrected chi connectivity index (χ1v) is 7.66. The molecular formula is C17H29NO. The summed E-state index contributed by atoms with van der Waals surface area (Å²) < 4.78 is 5.93. The van der Waals surface area contributed by atoms with E-state index in [0.717, 1.165) is 31.7 Å². The largest absolute Gasteiger partial charge is 0.492 e. The molecule has 1 aromatic carbocycles. The second-order valence-corrected chi connectivity index (χ2v) is 5.25. The van der Waals surface area contributed by atoms with Gasteiger partial charge in [0.2, 0.25) is 0 Å². The molecule has 19 heavy (non-hydrogen) atoms. The molecule has 2 unspecified atom stereocenters. The van der Waals surface area contributed by atoms with Gasteiger partial charge in [0, 0.05) is 6.04 Å². The van der Waals surface area contributed by atoms with Crippen molar-refractivity contribution in [1.29, 1.82) is 0 Å². The van der Waals surface area contributed by atoms with Crippen molar-refractivity contribution in [3.8, 4) is 5.75 Å². The molecule has 0 aromatic heterocycles. The fourth-order valence-corrected chi connectivity index (χ4v) is 2.05. The van der Waals surface area contributed by atoms with Crippen molar-refractivity contribution in [3.63, 3.8) is 0 Å². The van der Waals surface area contributed by atoms with Crippen molar-refractivity contribution in [1.82, 2.24) is 5.32 Å². The highest BCUT2D eigenvalue weighted by Gasteiger charge is 2.15. The van der Waals surface area contributed by atoms with E-state index in [1.807, 2.05) is 0 Å². The molecule has 0 saturated carbocycles. The molecule has 0 aliphatic carbocycles. The summed E-state index contributed by atoms with van der Waals surface area (Å²) in [5.74, 6) is 1.62. The molecule has 108 valence electrons. The zero-order valence-electron chi connectivity index (χ0n) is 12.9. The molecule has 2 atom stereocenters. The van der Waals surface area contributed by atoms with Gasteiger partial charge in [-0.3, -0.25) is 0 Å². The predicted octanol–water partition coefficient (Wildman–Crippen LogP) is 4.04. The van der Waals surface area contributed by atoms with E-state index in [0.29, 0.717) is 12.0 Å². The summed E-state index contributed by atoms with van der Waals surface area (Å²) in [4.78, 5) is 0. The van der Waals surface area contributed by atoms with Crippen LogP contribution in [0.15, 0.2) is 24.3 Å². The van der Waals surface area contributed by atoms with Gasteiger partial charge in [-0.05, 0) is 43.0 Å². The van der Waals surface area contributed by atoms with Crippen molar-refractivity contribution in [2.75, 3.05) is 13.2 Å². The van der Waals surface area contributed by atoms with Crippen molar-refractivity contribution >= 4 is 0 Å². The van der Waals surface area contributed by atoms with E-state index < -0.39 is 0 Å². The van der Waals surface area contributed by atoms with Gasteiger partial charge in [0.15, 0.2) is 0 Å². The maximum atomic E-state index is 5.93. The van der Waals surface area contributed by atoms with Gasteiger partial charge in [-0.2, -0.15) is 0 Å². The van der Waals surface area contributed by atoms with Crippen molar-refractivity contribution in [2.24, 2.45) is 5.92 Å². The van der Waals surface area contributed by atoms with E-state index in [2.05, 4.69) is 57.3 Å². The van der Waals surface area contributed by atoms with Crippen molar-refractivity contribution in [3.05, 3.63) is 29.8 Å². The van der Waals surface area contributed by atoms with Crippen LogP contribution in [0.2, 0.25) is 0 Å². The van der Waals surface area contributed by atoms with Crippen LogP contribution in [-0.4, -0.2) is 19.2 Å². The Morgan fingerprint density at radius 3 is 2.32 bits per heavy atom. The van der Waals surface area contributed by atoms with E-state index in [9.17, 15) is 0 Å². The number of benzene rings is 1. The Kier molecular flexibility index (Phi) is 7.57. The Bertz CT molecular complexity index is 334. The van der Waals surface area contributed by atoms with Gasteiger partial charge in [-0.25, -0.2) is 0 Å². The molecule has 0 amide bonds. The summed E-state index contributed by atoms with van der Waals surface area (Å²) in [6.45, 7) is 10.7. The first-order valence-electron chi connectivity index (χ1n) is 7.66. The minimum absolute atomic E-state index is 0.441. The number of rotatable bonds is 9. The zero-order chi connectivity index (χ0) is 14.1. The van der Waals surface area contributed by atoms with Crippen LogP contribution >= 0.6 is 0 Å². The number of nitrogens with one attached hydrogen (secondary N) is 1. The van der Waals surface area contributed by atoms with Gasteiger partial charge in [0.25, 0.3) is 0 Å². The maximum Gasteiger partial charge on any atom is 0.119 e. The van der Waals surface area contributed by atoms with Gasteiger partial charge >= 0.3 is 0 Å². The Morgan fingerprint density at radius 2 is 1.79 bits per heavy atom. The van der Waals surface area contributed by atoms with Crippen LogP contribution in [-0.2, 0) is 6.42 Å². The highest BCUT2D eigenvalue weighted by molar-refractivity contribution is 5.27. The predicted molar refractivity (Wildman–Crippen MR) is 82.9 cm³/mol. The first-order chi connectivity index (χ1) is 9.21. The molecule has 0 spiro atoms. The van der Waals surface area contributed by atoms with Gasteiger partial charge in [-0.1, -0.05) is 46.2 Å². The normalized spacial score (nSPS) is 14.1. The van der Waals surface area contributed by atoms with Crippen LogP contribution in [0.1, 0.15) is 46.1 Å². The first kappa shape index (κ1) is 16.0. The molecule has 1 N–H and O–H groups in total. The third kappa shape index (κ3) is 5.65. The molecule has 2 heteroatoms. The lowest BCUT2D eigenvalue weighted by atomic mass is 10.00. The number of aryl methyl sites for hydroxylation is 1. The highest BCUT2D eigenvalue weighted by Crippen LogP contribution is 2.15. The van der Waals surface area contributed by atoms with Crippen molar-refractivity contribution < 1.29 is 4.74 Å². The zero-order valence-corrected chi connectivity index (χ0v) is 12.9. The van der Waals surface area contributed by atoms with E-state index in [1.54, 1.807) is 0 Å². The van der Waals surface area contributed by atoms with Crippen molar-refractivity contribution in [2.45, 2.75) is 53.0 Å². The second-order valence-electron chi connectivity index (χ2n) is 5.25. The minimum atomic E-state index is 0.441. The molecule has 0 heterocycles. The van der Waals surface area contributed by atoms with Crippen LogP contribution in [0, 0.1) is 5.92 Å². The molecule has 0 radical (unpaired) electrons. The Balaban J connectivity index is 2.49. The summed E-state index contributed by atoms with van der Waals surface area (Å²) in [6, 6.07) is 8.88. The summed E-state index contributed by atoms with van der Waals surface area (Å²) in [7, 11) is 0. The van der Waals surface area contributed by atoms with Crippen LogP contribution in [0.25, 0.3) is 0 Å². The van der Waals surface area contributed by atoms with Gasteiger partial charge < -0.3 is 10.1 Å². The fourth-order valence-electron chi connectivity index (χ4n) is 2.05. The molecule has 0 aliphatic heterocycles.